The Hall–Kier alpha value is -1.36. The highest BCUT2D eigenvalue weighted by atomic mass is 35.5. The van der Waals surface area contributed by atoms with Gasteiger partial charge in [-0.25, -0.2) is 9.78 Å². The molecular formula is C10H9ClFNO3. The Labute approximate surface area is 96.0 Å². The van der Waals surface area contributed by atoms with Crippen molar-refractivity contribution in [3.63, 3.8) is 0 Å². The normalized spacial score (nSPS) is 14.9. The number of aromatic nitrogens is 1. The summed E-state index contributed by atoms with van der Waals surface area (Å²) < 4.78 is 18.7. The second-order valence-electron chi connectivity index (χ2n) is 3.66. The van der Waals surface area contributed by atoms with Gasteiger partial charge < -0.3 is 9.84 Å². The molecule has 0 aromatic carbocycles. The van der Waals surface area contributed by atoms with Crippen LogP contribution in [0.1, 0.15) is 23.2 Å². The van der Waals surface area contributed by atoms with Crippen LogP contribution in [0.15, 0.2) is 6.20 Å². The zero-order valence-corrected chi connectivity index (χ0v) is 9.00. The Morgan fingerprint density at radius 3 is 2.94 bits per heavy atom. The molecule has 4 nitrogen and oxygen atoms in total. The summed E-state index contributed by atoms with van der Waals surface area (Å²) in [6, 6.07) is 0. The number of rotatable bonds is 4. The van der Waals surface area contributed by atoms with E-state index in [1.807, 2.05) is 0 Å². The number of halogens is 2. The molecule has 0 unspecified atom stereocenters. The van der Waals surface area contributed by atoms with Crippen molar-refractivity contribution in [2.45, 2.75) is 12.8 Å². The van der Waals surface area contributed by atoms with E-state index in [1.165, 1.54) is 0 Å². The van der Waals surface area contributed by atoms with Gasteiger partial charge in [0.2, 0.25) is 5.82 Å². The first-order valence-electron chi connectivity index (χ1n) is 4.79. The van der Waals surface area contributed by atoms with Gasteiger partial charge in [0.1, 0.15) is 5.56 Å². The first-order chi connectivity index (χ1) is 7.59. The van der Waals surface area contributed by atoms with Crippen LogP contribution in [0.2, 0.25) is 5.02 Å². The molecule has 16 heavy (non-hydrogen) atoms. The van der Waals surface area contributed by atoms with Crippen molar-refractivity contribution in [3.8, 4) is 5.88 Å². The molecule has 6 heteroatoms. The lowest BCUT2D eigenvalue weighted by Crippen LogP contribution is -2.08. The largest absolute Gasteiger partial charge is 0.478 e. The Morgan fingerprint density at radius 1 is 1.69 bits per heavy atom. The second-order valence-corrected chi connectivity index (χ2v) is 4.07. The van der Waals surface area contributed by atoms with Gasteiger partial charge in [0.15, 0.2) is 0 Å². The summed E-state index contributed by atoms with van der Waals surface area (Å²) in [6.07, 6.45) is 3.19. The molecule has 2 rings (SSSR count). The molecule has 0 aliphatic heterocycles. The zero-order valence-electron chi connectivity index (χ0n) is 8.24. The van der Waals surface area contributed by atoms with Gasteiger partial charge in [-0.2, -0.15) is 4.39 Å². The number of pyridine rings is 1. The molecule has 0 radical (unpaired) electrons. The minimum atomic E-state index is -1.43. The predicted molar refractivity (Wildman–Crippen MR) is 54.4 cm³/mol. The summed E-state index contributed by atoms with van der Waals surface area (Å²) >= 11 is 5.53. The van der Waals surface area contributed by atoms with Crippen molar-refractivity contribution in [2.24, 2.45) is 5.92 Å². The SMILES string of the molecule is O=C(O)c1c(Cl)cnc(OCC2CC2)c1F. The second kappa shape index (κ2) is 4.25. The van der Waals surface area contributed by atoms with Gasteiger partial charge in [0.25, 0.3) is 5.88 Å². The lowest BCUT2D eigenvalue weighted by atomic mass is 10.2. The van der Waals surface area contributed by atoms with E-state index in [9.17, 15) is 9.18 Å². The fourth-order valence-electron chi connectivity index (χ4n) is 1.23. The summed E-state index contributed by atoms with van der Waals surface area (Å²) in [5, 5.41) is 8.52. The zero-order chi connectivity index (χ0) is 11.7. The van der Waals surface area contributed by atoms with Crippen molar-refractivity contribution >= 4 is 17.6 Å². The van der Waals surface area contributed by atoms with Crippen LogP contribution in [0.5, 0.6) is 5.88 Å². The smallest absolute Gasteiger partial charge is 0.340 e. The van der Waals surface area contributed by atoms with E-state index in [0.717, 1.165) is 19.0 Å². The number of carbonyl (C=O) groups is 1. The van der Waals surface area contributed by atoms with Crippen LogP contribution in [0.25, 0.3) is 0 Å². The molecule has 1 aliphatic rings. The quantitative estimate of drug-likeness (QED) is 0.885. The van der Waals surface area contributed by atoms with Gasteiger partial charge in [-0.3, -0.25) is 0 Å². The van der Waals surface area contributed by atoms with Gasteiger partial charge in [-0.15, -0.1) is 0 Å². The monoisotopic (exact) mass is 245 g/mol. The van der Waals surface area contributed by atoms with Crippen LogP contribution < -0.4 is 4.74 Å². The molecular weight excluding hydrogens is 237 g/mol. The van der Waals surface area contributed by atoms with E-state index in [1.54, 1.807) is 0 Å². The predicted octanol–water partition coefficient (Wildman–Crippen LogP) is 2.36. The van der Waals surface area contributed by atoms with Gasteiger partial charge in [0, 0.05) is 0 Å². The van der Waals surface area contributed by atoms with E-state index in [2.05, 4.69) is 4.98 Å². The third kappa shape index (κ3) is 2.24. The molecule has 86 valence electrons. The van der Waals surface area contributed by atoms with Crippen LogP contribution in [0.4, 0.5) is 4.39 Å². The van der Waals surface area contributed by atoms with E-state index in [4.69, 9.17) is 21.4 Å². The molecule has 1 saturated carbocycles. The number of nitrogens with zero attached hydrogens (tertiary/aromatic N) is 1. The molecule has 1 fully saturated rings. The number of carboxylic acids is 1. The van der Waals surface area contributed by atoms with Crippen molar-refractivity contribution in [3.05, 3.63) is 22.6 Å². The van der Waals surface area contributed by atoms with Crippen LogP contribution in [-0.4, -0.2) is 22.7 Å². The molecule has 0 saturated heterocycles. The highest BCUT2D eigenvalue weighted by molar-refractivity contribution is 6.33. The minimum absolute atomic E-state index is 0.233. The lowest BCUT2D eigenvalue weighted by Gasteiger charge is -2.07. The summed E-state index contributed by atoms with van der Waals surface area (Å²) in [7, 11) is 0. The molecule has 1 aromatic heterocycles. The minimum Gasteiger partial charge on any atom is -0.478 e. The Morgan fingerprint density at radius 2 is 2.38 bits per heavy atom. The van der Waals surface area contributed by atoms with Crippen LogP contribution in [0.3, 0.4) is 0 Å². The molecule has 1 aromatic rings. The molecule has 0 bridgehead atoms. The van der Waals surface area contributed by atoms with Gasteiger partial charge in [0.05, 0.1) is 17.8 Å². The van der Waals surface area contributed by atoms with Crippen LogP contribution in [-0.2, 0) is 0 Å². The Kier molecular flexibility index (Phi) is 2.96. The lowest BCUT2D eigenvalue weighted by molar-refractivity contribution is 0.0690. The number of hydrogen-bond acceptors (Lipinski definition) is 3. The van der Waals surface area contributed by atoms with E-state index < -0.39 is 17.3 Å². The average molecular weight is 246 g/mol. The van der Waals surface area contributed by atoms with Gasteiger partial charge in [-0.1, -0.05) is 11.6 Å². The maximum atomic E-state index is 13.6. The molecule has 0 spiro atoms. The summed E-state index contributed by atoms with van der Waals surface area (Å²) in [5.74, 6) is -2.30. The fourth-order valence-corrected chi connectivity index (χ4v) is 1.44. The topological polar surface area (TPSA) is 59.4 Å². The standard InChI is InChI=1S/C10H9ClFNO3/c11-6-3-13-9(16-4-5-1-2-5)8(12)7(6)10(14)15/h3,5H,1-2,4H2,(H,14,15). The average Bonchev–Trinajstić information content (AvgIpc) is 3.00. The maximum Gasteiger partial charge on any atom is 0.340 e. The number of aromatic carboxylic acids is 1. The van der Waals surface area contributed by atoms with Gasteiger partial charge in [-0.05, 0) is 18.8 Å². The Balaban J connectivity index is 2.23. The Bertz CT molecular complexity index is 434. The highest BCUT2D eigenvalue weighted by Gasteiger charge is 2.25. The molecule has 1 N–H and O–H groups in total. The fraction of sp³-hybridized carbons (Fsp3) is 0.400. The van der Waals surface area contributed by atoms with Crippen LogP contribution >= 0.6 is 11.6 Å². The van der Waals surface area contributed by atoms with Gasteiger partial charge >= 0.3 is 5.97 Å². The first kappa shape index (κ1) is 11.1. The maximum absolute atomic E-state index is 13.6. The number of ether oxygens (including phenoxy) is 1. The molecule has 1 aliphatic carbocycles. The summed E-state index contributed by atoms with van der Waals surface area (Å²) in [5.41, 5.74) is -0.595. The molecule has 0 atom stereocenters. The van der Waals surface area contributed by atoms with Crippen LogP contribution in [0, 0.1) is 11.7 Å². The first-order valence-corrected chi connectivity index (χ1v) is 5.17. The summed E-state index contributed by atoms with van der Waals surface area (Å²) in [4.78, 5) is 14.4. The number of carboxylic acid groups (broad SMARTS) is 1. The summed E-state index contributed by atoms with van der Waals surface area (Å²) in [6.45, 7) is 0.366. The van der Waals surface area contributed by atoms with Crippen molar-refractivity contribution in [2.75, 3.05) is 6.61 Å². The third-order valence-electron chi connectivity index (χ3n) is 2.31. The van der Waals surface area contributed by atoms with E-state index in [-0.39, 0.29) is 10.9 Å². The number of hydrogen-bond donors (Lipinski definition) is 1. The van der Waals surface area contributed by atoms with E-state index >= 15 is 0 Å². The van der Waals surface area contributed by atoms with E-state index in [0.29, 0.717) is 12.5 Å². The van der Waals surface area contributed by atoms with Crippen molar-refractivity contribution < 1.29 is 19.0 Å². The van der Waals surface area contributed by atoms with Crippen molar-refractivity contribution in [1.29, 1.82) is 0 Å². The highest BCUT2D eigenvalue weighted by Crippen LogP contribution is 2.31. The molecule has 1 heterocycles. The van der Waals surface area contributed by atoms with Crippen molar-refractivity contribution in [1.82, 2.24) is 4.98 Å². The third-order valence-corrected chi connectivity index (χ3v) is 2.59. The molecule has 0 amide bonds.